The maximum Gasteiger partial charge on any atom is 0.151 e. The summed E-state index contributed by atoms with van der Waals surface area (Å²) in [5, 5.41) is 8.49. The fourth-order valence-corrected chi connectivity index (χ4v) is 2.69. The van der Waals surface area contributed by atoms with Crippen LogP contribution in [-0.2, 0) is 13.0 Å². The highest BCUT2D eigenvalue weighted by molar-refractivity contribution is 6.29. The third-order valence-electron chi connectivity index (χ3n) is 3.49. The minimum absolute atomic E-state index is 0.443. The molecule has 0 radical (unpaired) electrons. The Labute approximate surface area is 118 Å². The summed E-state index contributed by atoms with van der Waals surface area (Å²) < 4.78 is 0. The Balaban J connectivity index is 1.85. The molecule has 0 unspecified atom stereocenters. The van der Waals surface area contributed by atoms with Gasteiger partial charge < -0.3 is 4.90 Å². The number of halogens is 1. The summed E-state index contributed by atoms with van der Waals surface area (Å²) in [6, 6.07) is 10.4. The van der Waals surface area contributed by atoms with Crippen LogP contribution in [0.4, 0.5) is 5.69 Å². The summed E-state index contributed by atoms with van der Waals surface area (Å²) in [7, 11) is 0. The minimum Gasteiger partial charge on any atom is -0.365 e. The lowest BCUT2D eigenvalue weighted by atomic mass is 9.99. The summed E-state index contributed by atoms with van der Waals surface area (Å²) in [4.78, 5) is 2.37. The second kappa shape index (κ2) is 5.17. The van der Waals surface area contributed by atoms with E-state index in [1.165, 1.54) is 29.7 Å². The van der Waals surface area contributed by atoms with Crippen molar-refractivity contribution in [3.8, 4) is 0 Å². The van der Waals surface area contributed by atoms with E-state index in [4.69, 9.17) is 11.6 Å². The summed E-state index contributed by atoms with van der Waals surface area (Å²) in [6.07, 6.45) is 2.36. The Kier molecular flexibility index (Phi) is 3.38. The molecular formula is C15H16ClN3. The molecule has 0 bridgehead atoms. The molecule has 1 aromatic carbocycles. The van der Waals surface area contributed by atoms with Crippen LogP contribution in [-0.4, -0.2) is 16.7 Å². The van der Waals surface area contributed by atoms with E-state index in [2.05, 4.69) is 40.2 Å². The Morgan fingerprint density at radius 2 is 2.11 bits per heavy atom. The average Bonchev–Trinajstić information content (AvgIpc) is 2.41. The molecule has 2 aromatic rings. The first kappa shape index (κ1) is 12.4. The van der Waals surface area contributed by atoms with Gasteiger partial charge in [-0.15, -0.1) is 5.10 Å². The lowest BCUT2D eigenvalue weighted by molar-refractivity contribution is 0.678. The van der Waals surface area contributed by atoms with E-state index in [1.54, 1.807) is 6.07 Å². The van der Waals surface area contributed by atoms with E-state index >= 15 is 0 Å². The summed E-state index contributed by atoms with van der Waals surface area (Å²) in [5.41, 5.74) is 5.05. The quantitative estimate of drug-likeness (QED) is 0.840. The molecular weight excluding hydrogens is 258 g/mol. The van der Waals surface area contributed by atoms with Gasteiger partial charge in [0.2, 0.25) is 0 Å². The van der Waals surface area contributed by atoms with Crippen LogP contribution < -0.4 is 4.90 Å². The number of nitrogens with zero attached hydrogens (tertiary/aromatic N) is 3. The molecule has 1 aromatic heterocycles. The third-order valence-corrected chi connectivity index (χ3v) is 3.69. The molecule has 3 nitrogen and oxygen atoms in total. The van der Waals surface area contributed by atoms with Gasteiger partial charge in [-0.3, -0.25) is 0 Å². The molecule has 0 saturated heterocycles. The molecule has 1 aliphatic rings. The van der Waals surface area contributed by atoms with E-state index in [9.17, 15) is 0 Å². The van der Waals surface area contributed by atoms with Gasteiger partial charge in [0.05, 0.1) is 12.2 Å². The number of benzene rings is 1. The highest BCUT2D eigenvalue weighted by Gasteiger charge is 2.17. The molecule has 0 amide bonds. The molecule has 0 spiro atoms. The SMILES string of the molecule is Cc1ccc2c(c1)CCCN2Cc1ccc(Cl)nn1. The standard InChI is InChI=1S/C15H16ClN3/c1-11-4-6-14-12(9-11)3-2-8-19(14)10-13-5-7-15(16)18-17-13/h4-7,9H,2-3,8,10H2,1H3. The van der Waals surface area contributed by atoms with Crippen LogP contribution in [0.3, 0.4) is 0 Å². The number of aryl methyl sites for hydroxylation is 2. The van der Waals surface area contributed by atoms with Crippen LogP contribution in [0.5, 0.6) is 0 Å². The van der Waals surface area contributed by atoms with Gasteiger partial charge in [-0.05, 0) is 43.5 Å². The van der Waals surface area contributed by atoms with Gasteiger partial charge in [0.1, 0.15) is 0 Å². The van der Waals surface area contributed by atoms with Crippen LogP contribution >= 0.6 is 11.6 Å². The number of hydrogen-bond donors (Lipinski definition) is 0. The zero-order valence-electron chi connectivity index (χ0n) is 10.9. The zero-order valence-corrected chi connectivity index (χ0v) is 11.7. The summed E-state index contributed by atoms with van der Waals surface area (Å²) >= 11 is 5.77. The molecule has 1 aliphatic heterocycles. The van der Waals surface area contributed by atoms with Gasteiger partial charge in [0, 0.05) is 12.2 Å². The average molecular weight is 274 g/mol. The maximum absolute atomic E-state index is 5.77. The normalized spacial score (nSPS) is 14.3. The van der Waals surface area contributed by atoms with Crippen LogP contribution in [0.2, 0.25) is 5.15 Å². The van der Waals surface area contributed by atoms with Crippen molar-refractivity contribution in [1.29, 1.82) is 0 Å². The molecule has 98 valence electrons. The van der Waals surface area contributed by atoms with Crippen LogP contribution in [0.1, 0.15) is 23.2 Å². The molecule has 0 aliphatic carbocycles. The molecule has 2 heterocycles. The van der Waals surface area contributed by atoms with Gasteiger partial charge in [0.25, 0.3) is 0 Å². The van der Waals surface area contributed by atoms with Crippen LogP contribution in [0.15, 0.2) is 30.3 Å². The second-order valence-corrected chi connectivity index (χ2v) is 5.39. The number of fused-ring (bicyclic) bond motifs is 1. The first-order chi connectivity index (χ1) is 9.22. The van der Waals surface area contributed by atoms with Crippen molar-refractivity contribution in [2.75, 3.05) is 11.4 Å². The molecule has 0 saturated carbocycles. The first-order valence-corrected chi connectivity index (χ1v) is 6.93. The van der Waals surface area contributed by atoms with Crippen molar-refractivity contribution >= 4 is 17.3 Å². The van der Waals surface area contributed by atoms with E-state index in [0.29, 0.717) is 5.15 Å². The van der Waals surface area contributed by atoms with Crippen LogP contribution in [0, 0.1) is 6.92 Å². The van der Waals surface area contributed by atoms with Gasteiger partial charge in [0.15, 0.2) is 5.15 Å². The summed E-state index contributed by atoms with van der Waals surface area (Å²) in [5.74, 6) is 0. The minimum atomic E-state index is 0.443. The molecule has 3 rings (SSSR count). The Hall–Kier alpha value is -1.61. The Bertz CT molecular complexity index is 580. The monoisotopic (exact) mass is 273 g/mol. The third kappa shape index (κ3) is 2.71. The second-order valence-electron chi connectivity index (χ2n) is 5.00. The van der Waals surface area contributed by atoms with Crippen molar-refractivity contribution in [1.82, 2.24) is 10.2 Å². The van der Waals surface area contributed by atoms with Gasteiger partial charge >= 0.3 is 0 Å². The maximum atomic E-state index is 5.77. The number of anilines is 1. The zero-order chi connectivity index (χ0) is 13.2. The molecule has 0 atom stereocenters. The van der Waals surface area contributed by atoms with Gasteiger partial charge in [-0.2, -0.15) is 5.10 Å². The lowest BCUT2D eigenvalue weighted by Gasteiger charge is -2.31. The Morgan fingerprint density at radius 3 is 2.89 bits per heavy atom. The van der Waals surface area contributed by atoms with E-state index < -0.39 is 0 Å². The lowest BCUT2D eigenvalue weighted by Crippen LogP contribution is -2.29. The molecule has 19 heavy (non-hydrogen) atoms. The smallest absolute Gasteiger partial charge is 0.151 e. The predicted molar refractivity (Wildman–Crippen MR) is 77.6 cm³/mol. The molecule has 0 N–H and O–H groups in total. The van der Waals surface area contributed by atoms with Crippen molar-refractivity contribution in [2.45, 2.75) is 26.3 Å². The Morgan fingerprint density at radius 1 is 1.21 bits per heavy atom. The largest absolute Gasteiger partial charge is 0.365 e. The molecule has 0 fully saturated rings. The highest BCUT2D eigenvalue weighted by atomic mass is 35.5. The van der Waals surface area contributed by atoms with Crippen molar-refractivity contribution in [3.05, 3.63) is 52.3 Å². The topological polar surface area (TPSA) is 29.0 Å². The van der Waals surface area contributed by atoms with Crippen molar-refractivity contribution < 1.29 is 0 Å². The summed E-state index contributed by atoms with van der Waals surface area (Å²) in [6.45, 7) is 4.00. The number of rotatable bonds is 2. The van der Waals surface area contributed by atoms with Gasteiger partial charge in [-0.1, -0.05) is 29.3 Å². The van der Waals surface area contributed by atoms with Gasteiger partial charge in [-0.25, -0.2) is 0 Å². The van der Waals surface area contributed by atoms with E-state index in [-0.39, 0.29) is 0 Å². The predicted octanol–water partition coefficient (Wildman–Crippen LogP) is 3.39. The fraction of sp³-hybridized carbons (Fsp3) is 0.333. The molecule has 4 heteroatoms. The number of hydrogen-bond acceptors (Lipinski definition) is 3. The van der Waals surface area contributed by atoms with E-state index in [0.717, 1.165) is 18.8 Å². The first-order valence-electron chi connectivity index (χ1n) is 6.55. The van der Waals surface area contributed by atoms with E-state index in [1.807, 2.05) is 6.07 Å². The number of aromatic nitrogens is 2. The highest BCUT2D eigenvalue weighted by Crippen LogP contribution is 2.28. The fourth-order valence-electron chi connectivity index (χ4n) is 2.59. The van der Waals surface area contributed by atoms with Crippen molar-refractivity contribution in [3.63, 3.8) is 0 Å². The van der Waals surface area contributed by atoms with Crippen LogP contribution in [0.25, 0.3) is 0 Å². The van der Waals surface area contributed by atoms with Crippen molar-refractivity contribution in [2.24, 2.45) is 0 Å².